The second kappa shape index (κ2) is 13.2. The zero-order valence-corrected chi connectivity index (χ0v) is 26.2. The molecule has 0 aliphatic heterocycles. The summed E-state index contributed by atoms with van der Waals surface area (Å²) in [6, 6.07) is 47.6. The van der Waals surface area contributed by atoms with Crippen molar-refractivity contribution in [2.75, 3.05) is 0 Å². The Morgan fingerprint density at radius 2 is 0.979 bits per heavy atom. The number of allylic oxidation sites excluding steroid dienone is 4. The van der Waals surface area contributed by atoms with Crippen LogP contribution in [0.2, 0.25) is 0 Å². The van der Waals surface area contributed by atoms with Gasteiger partial charge in [0.15, 0.2) is 11.6 Å². The normalized spacial score (nSPS) is 14.0. The van der Waals surface area contributed by atoms with Crippen LogP contribution in [0.4, 0.5) is 0 Å². The van der Waals surface area contributed by atoms with Gasteiger partial charge in [-0.2, -0.15) is 0 Å². The van der Waals surface area contributed by atoms with E-state index in [0.717, 1.165) is 57.0 Å². The molecule has 5 nitrogen and oxygen atoms in total. The van der Waals surface area contributed by atoms with Gasteiger partial charge < -0.3 is 0 Å². The van der Waals surface area contributed by atoms with Gasteiger partial charge in [0.1, 0.15) is 5.82 Å². The molecule has 228 valence electrons. The van der Waals surface area contributed by atoms with Crippen LogP contribution in [0.15, 0.2) is 170 Å². The maximum Gasteiger partial charge on any atom is 0.163 e. The van der Waals surface area contributed by atoms with Crippen LogP contribution in [0.5, 0.6) is 0 Å². The summed E-state index contributed by atoms with van der Waals surface area (Å²) in [7, 11) is 0. The van der Waals surface area contributed by atoms with E-state index in [1.165, 1.54) is 11.1 Å². The quantitative estimate of drug-likeness (QED) is 0.178. The molecule has 48 heavy (non-hydrogen) atoms. The van der Waals surface area contributed by atoms with Crippen molar-refractivity contribution in [3.8, 4) is 56.4 Å². The van der Waals surface area contributed by atoms with Gasteiger partial charge in [-0.15, -0.1) is 0 Å². The highest BCUT2D eigenvalue weighted by Crippen LogP contribution is 2.36. The van der Waals surface area contributed by atoms with Gasteiger partial charge in [0, 0.05) is 40.6 Å². The number of hydrogen-bond acceptors (Lipinski definition) is 5. The van der Waals surface area contributed by atoms with Crippen LogP contribution in [-0.4, -0.2) is 24.9 Å². The zero-order valence-electron chi connectivity index (χ0n) is 26.2. The Kier molecular flexibility index (Phi) is 7.99. The largest absolute Gasteiger partial charge is 0.256 e. The maximum absolute atomic E-state index is 5.19. The summed E-state index contributed by atoms with van der Waals surface area (Å²) in [6.45, 7) is 0. The molecule has 7 aromatic rings. The molecule has 1 aliphatic rings. The third kappa shape index (κ3) is 6.22. The lowest BCUT2D eigenvalue weighted by molar-refractivity contribution is 0.773. The molecule has 0 spiro atoms. The Bertz CT molecular complexity index is 2190. The first kappa shape index (κ1) is 29.1. The molecule has 5 heteroatoms. The van der Waals surface area contributed by atoms with Crippen molar-refractivity contribution in [1.29, 1.82) is 0 Å². The van der Waals surface area contributed by atoms with Gasteiger partial charge in [-0.3, -0.25) is 9.97 Å². The molecular weight excluding hydrogens is 587 g/mol. The summed E-state index contributed by atoms with van der Waals surface area (Å²) in [5, 5.41) is 0. The smallest absolute Gasteiger partial charge is 0.163 e. The van der Waals surface area contributed by atoms with Gasteiger partial charge in [0.25, 0.3) is 0 Å². The van der Waals surface area contributed by atoms with E-state index >= 15 is 0 Å². The number of hydrogen-bond donors (Lipinski definition) is 0. The molecule has 0 amide bonds. The van der Waals surface area contributed by atoms with E-state index in [-0.39, 0.29) is 5.92 Å². The van der Waals surface area contributed by atoms with Crippen molar-refractivity contribution in [1.82, 2.24) is 24.9 Å². The van der Waals surface area contributed by atoms with E-state index in [2.05, 4.69) is 119 Å². The summed E-state index contributed by atoms with van der Waals surface area (Å²) in [5.74, 6) is 1.97. The fraction of sp³-hybridized carbons (Fsp3) is 0.0465. The number of benzene rings is 4. The summed E-state index contributed by atoms with van der Waals surface area (Å²) < 4.78 is 0. The van der Waals surface area contributed by atoms with E-state index in [1.54, 1.807) is 0 Å². The Hall–Kier alpha value is -6.33. The minimum Gasteiger partial charge on any atom is -0.256 e. The van der Waals surface area contributed by atoms with Crippen molar-refractivity contribution in [2.24, 2.45) is 0 Å². The Labute approximate surface area is 280 Å². The first-order valence-electron chi connectivity index (χ1n) is 16.1. The molecular formula is C43H31N5. The third-order valence-corrected chi connectivity index (χ3v) is 8.55. The molecule has 4 aromatic carbocycles. The van der Waals surface area contributed by atoms with Gasteiger partial charge in [-0.05, 0) is 77.2 Å². The SMILES string of the molecule is C1=CC(c2nc(-c3cccc(-c4ccccc4)c3)nc(-c3cc(-c4ccccn4)cc(-c4ccccn4)c3)n2)CC(c2ccccc2)=C1. The number of nitrogens with zero attached hydrogens (tertiary/aromatic N) is 5. The highest BCUT2D eigenvalue weighted by Gasteiger charge is 2.21. The van der Waals surface area contributed by atoms with Crippen molar-refractivity contribution < 1.29 is 0 Å². The minimum atomic E-state index is -0.0164. The van der Waals surface area contributed by atoms with Gasteiger partial charge >= 0.3 is 0 Å². The number of rotatable bonds is 7. The van der Waals surface area contributed by atoms with Gasteiger partial charge in [-0.1, -0.05) is 109 Å². The van der Waals surface area contributed by atoms with E-state index in [1.807, 2.05) is 60.9 Å². The summed E-state index contributed by atoms with van der Waals surface area (Å²) in [5.41, 5.74) is 10.2. The molecule has 3 aromatic heterocycles. The van der Waals surface area contributed by atoms with Crippen LogP contribution < -0.4 is 0 Å². The van der Waals surface area contributed by atoms with Gasteiger partial charge in [0.05, 0.1) is 11.4 Å². The van der Waals surface area contributed by atoms with Crippen LogP contribution in [0.1, 0.15) is 23.7 Å². The Morgan fingerprint density at radius 3 is 1.62 bits per heavy atom. The van der Waals surface area contributed by atoms with E-state index in [0.29, 0.717) is 11.6 Å². The maximum atomic E-state index is 5.19. The van der Waals surface area contributed by atoms with E-state index < -0.39 is 0 Å². The van der Waals surface area contributed by atoms with Crippen LogP contribution in [0.3, 0.4) is 0 Å². The molecule has 0 bridgehead atoms. The lowest BCUT2D eigenvalue weighted by Gasteiger charge is -2.19. The predicted molar refractivity (Wildman–Crippen MR) is 194 cm³/mol. The molecule has 0 fully saturated rings. The van der Waals surface area contributed by atoms with E-state index in [9.17, 15) is 0 Å². The average molecular weight is 618 g/mol. The van der Waals surface area contributed by atoms with Crippen LogP contribution >= 0.6 is 0 Å². The molecule has 1 unspecified atom stereocenters. The Morgan fingerprint density at radius 1 is 0.438 bits per heavy atom. The molecule has 8 rings (SSSR count). The van der Waals surface area contributed by atoms with Gasteiger partial charge in [-0.25, -0.2) is 15.0 Å². The lowest BCUT2D eigenvalue weighted by Crippen LogP contribution is -2.09. The molecule has 0 radical (unpaired) electrons. The van der Waals surface area contributed by atoms with Gasteiger partial charge in [0.2, 0.25) is 0 Å². The average Bonchev–Trinajstić information content (AvgIpc) is 3.19. The second-order valence-electron chi connectivity index (χ2n) is 11.8. The first-order valence-corrected chi connectivity index (χ1v) is 16.1. The predicted octanol–water partition coefficient (Wildman–Crippen LogP) is 10.1. The van der Waals surface area contributed by atoms with Crippen LogP contribution in [-0.2, 0) is 0 Å². The fourth-order valence-electron chi connectivity index (χ4n) is 6.13. The topological polar surface area (TPSA) is 64.5 Å². The lowest BCUT2D eigenvalue weighted by atomic mass is 9.89. The van der Waals surface area contributed by atoms with Crippen molar-refractivity contribution >= 4 is 5.57 Å². The monoisotopic (exact) mass is 617 g/mol. The standard InChI is InChI=1S/C43H31N5/c1-3-13-30(14-4-1)32-17-11-19-34(25-32)41-46-42(35-20-12-18-33(26-35)31-15-5-2-6-16-31)48-43(47-41)38-28-36(39-21-7-9-23-44-39)27-37(29-38)40-22-8-10-24-45-40/h1-25,27-29,35H,26H2. The third-order valence-electron chi connectivity index (χ3n) is 8.55. The summed E-state index contributed by atoms with van der Waals surface area (Å²) in [4.78, 5) is 24.8. The summed E-state index contributed by atoms with van der Waals surface area (Å²) >= 11 is 0. The number of pyridine rings is 2. The molecule has 0 N–H and O–H groups in total. The molecule has 0 saturated heterocycles. The summed E-state index contributed by atoms with van der Waals surface area (Å²) in [6.07, 6.45) is 10.9. The van der Waals surface area contributed by atoms with Crippen molar-refractivity contribution in [2.45, 2.75) is 12.3 Å². The first-order chi connectivity index (χ1) is 23.8. The van der Waals surface area contributed by atoms with Crippen LogP contribution in [0.25, 0.3) is 62.0 Å². The van der Waals surface area contributed by atoms with E-state index in [4.69, 9.17) is 15.0 Å². The molecule has 1 aliphatic carbocycles. The highest BCUT2D eigenvalue weighted by atomic mass is 15.0. The molecule has 3 heterocycles. The second-order valence-corrected chi connectivity index (χ2v) is 11.8. The fourth-order valence-corrected chi connectivity index (χ4v) is 6.13. The molecule has 0 saturated carbocycles. The van der Waals surface area contributed by atoms with Crippen molar-refractivity contribution in [3.05, 3.63) is 182 Å². The van der Waals surface area contributed by atoms with Crippen molar-refractivity contribution in [3.63, 3.8) is 0 Å². The highest BCUT2D eigenvalue weighted by molar-refractivity contribution is 5.78. The molecule has 1 atom stereocenters. The zero-order chi connectivity index (χ0) is 32.1. The van der Waals surface area contributed by atoms with Crippen LogP contribution in [0, 0.1) is 0 Å². The number of aromatic nitrogens is 5. The Balaban J connectivity index is 1.29. The minimum absolute atomic E-state index is 0.0164.